The average molecular weight is 330 g/mol. The molecule has 122 valence electrons. The summed E-state index contributed by atoms with van der Waals surface area (Å²) in [5, 5.41) is 7.32. The summed E-state index contributed by atoms with van der Waals surface area (Å²) in [6.45, 7) is 5.80. The lowest BCUT2D eigenvalue weighted by Crippen LogP contribution is -2.36. The number of aromatic nitrogens is 2. The van der Waals surface area contributed by atoms with Gasteiger partial charge >= 0.3 is 0 Å². The van der Waals surface area contributed by atoms with Gasteiger partial charge in [-0.2, -0.15) is 11.3 Å². The number of hydrogen-bond donors (Lipinski definition) is 1. The van der Waals surface area contributed by atoms with E-state index in [1.54, 1.807) is 11.3 Å². The molecule has 1 N–H and O–H groups in total. The lowest BCUT2D eigenvalue weighted by molar-refractivity contribution is 0.0947. The van der Waals surface area contributed by atoms with Crippen LogP contribution in [0.5, 0.6) is 0 Å². The van der Waals surface area contributed by atoms with Crippen molar-refractivity contribution in [2.45, 2.75) is 38.9 Å². The Kier molecular flexibility index (Phi) is 3.95. The first-order valence-corrected chi connectivity index (χ1v) is 9.25. The molecule has 1 aliphatic heterocycles. The Morgan fingerprint density at radius 3 is 3.04 bits per heavy atom. The van der Waals surface area contributed by atoms with Crippen LogP contribution >= 0.6 is 11.3 Å². The van der Waals surface area contributed by atoms with Crippen molar-refractivity contribution < 1.29 is 4.79 Å². The molecule has 0 unspecified atom stereocenters. The summed E-state index contributed by atoms with van der Waals surface area (Å²) in [5.74, 6) is 1.66. The highest BCUT2D eigenvalue weighted by Gasteiger charge is 2.28. The standard InChI is InChI=1S/C17H22N4OS/c1-12-16-19-15(17(22)18-8-13-2-3-13)10-21(16)6-5-20(12)9-14-4-7-23-11-14/h4,7,10-13H,2-3,5-6,8-9H2,1H3,(H,18,22)/t12-/m0/s1. The lowest BCUT2D eigenvalue weighted by atomic mass is 10.2. The van der Waals surface area contributed by atoms with Crippen LogP contribution in [0.2, 0.25) is 0 Å². The highest BCUT2D eigenvalue weighted by atomic mass is 32.1. The van der Waals surface area contributed by atoms with E-state index in [0.717, 1.165) is 32.0 Å². The molecule has 0 bridgehead atoms. The zero-order chi connectivity index (χ0) is 15.8. The Bertz CT molecular complexity index is 690. The van der Waals surface area contributed by atoms with E-state index in [-0.39, 0.29) is 11.9 Å². The van der Waals surface area contributed by atoms with Gasteiger partial charge in [-0.05, 0) is 48.1 Å². The smallest absolute Gasteiger partial charge is 0.271 e. The van der Waals surface area contributed by atoms with E-state index >= 15 is 0 Å². The number of nitrogens with one attached hydrogen (secondary N) is 1. The Morgan fingerprint density at radius 1 is 1.43 bits per heavy atom. The second kappa shape index (κ2) is 6.09. The quantitative estimate of drug-likeness (QED) is 0.917. The van der Waals surface area contributed by atoms with Crippen LogP contribution in [0.4, 0.5) is 0 Å². The Labute approximate surface area is 140 Å². The van der Waals surface area contributed by atoms with E-state index in [9.17, 15) is 4.79 Å². The van der Waals surface area contributed by atoms with E-state index in [0.29, 0.717) is 11.6 Å². The third kappa shape index (κ3) is 3.19. The van der Waals surface area contributed by atoms with Gasteiger partial charge < -0.3 is 9.88 Å². The molecular formula is C17H22N4OS. The molecule has 6 heteroatoms. The maximum Gasteiger partial charge on any atom is 0.271 e. The van der Waals surface area contributed by atoms with Gasteiger partial charge in [-0.3, -0.25) is 9.69 Å². The van der Waals surface area contributed by atoms with Gasteiger partial charge in [0, 0.05) is 32.4 Å². The van der Waals surface area contributed by atoms with Crippen LogP contribution < -0.4 is 5.32 Å². The third-order valence-corrected chi connectivity index (χ3v) is 5.54. The number of imidazole rings is 1. The second-order valence-corrected chi connectivity index (χ2v) is 7.39. The van der Waals surface area contributed by atoms with E-state index in [2.05, 4.69) is 43.5 Å². The average Bonchev–Trinajstić information content (AvgIpc) is 3.05. The molecule has 2 aliphatic rings. The van der Waals surface area contributed by atoms with Crippen LogP contribution in [0.25, 0.3) is 0 Å². The van der Waals surface area contributed by atoms with Crippen molar-refractivity contribution in [2.75, 3.05) is 13.1 Å². The molecule has 1 atom stereocenters. The van der Waals surface area contributed by atoms with Crippen LogP contribution in [0.3, 0.4) is 0 Å². The molecule has 2 aromatic rings. The minimum Gasteiger partial charge on any atom is -0.350 e. The monoisotopic (exact) mass is 330 g/mol. The number of carbonyl (C=O) groups is 1. The number of thiophene rings is 1. The second-order valence-electron chi connectivity index (χ2n) is 6.61. The maximum absolute atomic E-state index is 12.2. The molecule has 4 rings (SSSR count). The Balaban J connectivity index is 1.46. The molecule has 0 radical (unpaired) electrons. The van der Waals surface area contributed by atoms with Crippen molar-refractivity contribution in [3.05, 3.63) is 40.1 Å². The summed E-state index contributed by atoms with van der Waals surface area (Å²) < 4.78 is 2.14. The summed E-state index contributed by atoms with van der Waals surface area (Å²) in [6.07, 6.45) is 4.40. The zero-order valence-corrected chi connectivity index (χ0v) is 14.2. The van der Waals surface area contributed by atoms with Crippen LogP contribution in [0, 0.1) is 5.92 Å². The molecule has 5 nitrogen and oxygen atoms in total. The predicted octanol–water partition coefficient (Wildman–Crippen LogP) is 2.66. The fraction of sp³-hybridized carbons (Fsp3) is 0.529. The normalized spacial score (nSPS) is 21.2. The fourth-order valence-electron chi connectivity index (χ4n) is 3.13. The van der Waals surface area contributed by atoms with Gasteiger partial charge in [-0.25, -0.2) is 4.98 Å². The molecule has 1 fully saturated rings. The first kappa shape index (κ1) is 14.9. The van der Waals surface area contributed by atoms with Crippen LogP contribution in [-0.4, -0.2) is 33.4 Å². The summed E-state index contributed by atoms with van der Waals surface area (Å²) in [7, 11) is 0. The van der Waals surface area contributed by atoms with E-state index in [1.807, 2.05) is 6.20 Å². The van der Waals surface area contributed by atoms with E-state index in [1.165, 1.54) is 18.4 Å². The molecule has 3 heterocycles. The molecular weight excluding hydrogens is 308 g/mol. The van der Waals surface area contributed by atoms with Crippen molar-refractivity contribution in [3.8, 4) is 0 Å². The number of carbonyl (C=O) groups excluding carboxylic acids is 1. The molecule has 0 aromatic carbocycles. The van der Waals surface area contributed by atoms with Crippen LogP contribution in [-0.2, 0) is 13.1 Å². The zero-order valence-electron chi connectivity index (χ0n) is 13.4. The van der Waals surface area contributed by atoms with Crippen LogP contribution in [0.1, 0.15) is 47.7 Å². The van der Waals surface area contributed by atoms with Crippen molar-refractivity contribution >= 4 is 17.2 Å². The van der Waals surface area contributed by atoms with Gasteiger partial charge in [0.1, 0.15) is 11.5 Å². The maximum atomic E-state index is 12.2. The molecule has 23 heavy (non-hydrogen) atoms. The fourth-order valence-corrected chi connectivity index (χ4v) is 3.79. The molecule has 1 saturated carbocycles. The minimum atomic E-state index is -0.0321. The summed E-state index contributed by atoms with van der Waals surface area (Å²) >= 11 is 1.74. The van der Waals surface area contributed by atoms with Crippen molar-refractivity contribution in [1.29, 1.82) is 0 Å². The molecule has 0 saturated heterocycles. The molecule has 1 amide bonds. The number of nitrogens with zero attached hydrogens (tertiary/aromatic N) is 3. The third-order valence-electron chi connectivity index (χ3n) is 4.80. The van der Waals surface area contributed by atoms with E-state index in [4.69, 9.17) is 0 Å². The van der Waals surface area contributed by atoms with Gasteiger partial charge in [-0.15, -0.1) is 0 Å². The lowest BCUT2D eigenvalue weighted by Gasteiger charge is -2.33. The minimum absolute atomic E-state index is 0.0321. The topological polar surface area (TPSA) is 50.2 Å². The number of amides is 1. The van der Waals surface area contributed by atoms with Gasteiger partial charge in [0.15, 0.2) is 0 Å². The first-order valence-electron chi connectivity index (χ1n) is 8.31. The summed E-state index contributed by atoms with van der Waals surface area (Å²) in [5.41, 5.74) is 1.91. The van der Waals surface area contributed by atoms with E-state index < -0.39 is 0 Å². The Hall–Kier alpha value is -1.66. The molecule has 1 aliphatic carbocycles. The molecule has 0 spiro atoms. The Morgan fingerprint density at radius 2 is 2.30 bits per heavy atom. The van der Waals surface area contributed by atoms with Crippen LogP contribution in [0.15, 0.2) is 23.0 Å². The SMILES string of the molecule is C[C@H]1c2nc(C(=O)NCC3CC3)cn2CCN1Cc1ccsc1. The highest BCUT2D eigenvalue weighted by Crippen LogP contribution is 2.28. The number of hydrogen-bond acceptors (Lipinski definition) is 4. The summed E-state index contributed by atoms with van der Waals surface area (Å²) in [6, 6.07) is 2.41. The van der Waals surface area contributed by atoms with Crippen molar-refractivity contribution in [3.63, 3.8) is 0 Å². The van der Waals surface area contributed by atoms with Gasteiger partial charge in [0.2, 0.25) is 0 Å². The predicted molar refractivity (Wildman–Crippen MR) is 90.4 cm³/mol. The highest BCUT2D eigenvalue weighted by molar-refractivity contribution is 7.07. The summed E-state index contributed by atoms with van der Waals surface area (Å²) in [4.78, 5) is 19.3. The number of fused-ring (bicyclic) bond motifs is 1. The molecule has 2 aromatic heterocycles. The van der Waals surface area contributed by atoms with Crippen molar-refractivity contribution in [2.24, 2.45) is 5.92 Å². The largest absolute Gasteiger partial charge is 0.350 e. The van der Waals surface area contributed by atoms with Crippen molar-refractivity contribution in [1.82, 2.24) is 19.8 Å². The van der Waals surface area contributed by atoms with Gasteiger partial charge in [-0.1, -0.05) is 0 Å². The number of rotatable bonds is 5. The van der Waals surface area contributed by atoms with Gasteiger partial charge in [0.05, 0.1) is 6.04 Å². The first-order chi connectivity index (χ1) is 11.2. The van der Waals surface area contributed by atoms with Gasteiger partial charge in [0.25, 0.3) is 5.91 Å².